The first kappa shape index (κ1) is 17.7. The number of nitrogens with one attached hydrogen (secondary N) is 1. The summed E-state index contributed by atoms with van der Waals surface area (Å²) >= 11 is 0. The number of carboxylic acids is 1. The zero-order valence-electron chi connectivity index (χ0n) is 12.4. The van der Waals surface area contributed by atoms with Crippen molar-refractivity contribution in [1.82, 2.24) is 14.9 Å². The summed E-state index contributed by atoms with van der Waals surface area (Å²) in [6, 6.07) is 0. The zero-order valence-corrected chi connectivity index (χ0v) is 12.4. The Kier molecular flexibility index (Phi) is 7.07. The van der Waals surface area contributed by atoms with Gasteiger partial charge in [0.1, 0.15) is 5.82 Å². The highest BCUT2D eigenvalue weighted by Gasteiger charge is 2.33. The number of aryl methyl sites for hydroxylation is 1. The van der Waals surface area contributed by atoms with E-state index in [9.17, 15) is 9.59 Å². The highest BCUT2D eigenvalue weighted by molar-refractivity contribution is 5.80. The van der Waals surface area contributed by atoms with Crippen molar-refractivity contribution < 1.29 is 24.6 Å². The van der Waals surface area contributed by atoms with Crippen LogP contribution in [0.1, 0.15) is 25.1 Å². The minimum atomic E-state index is -0.789. The number of amides is 1. The molecule has 3 N–H and O–H groups in total. The number of nitrogens with zero attached hydrogens (tertiary/aromatic N) is 2. The van der Waals surface area contributed by atoms with Gasteiger partial charge in [0.2, 0.25) is 5.91 Å². The molecule has 2 atom stereocenters. The monoisotopic (exact) mass is 311 g/mol. The number of aliphatic carboxylic acids is 1. The van der Waals surface area contributed by atoms with Gasteiger partial charge in [0.05, 0.1) is 5.92 Å². The average Bonchev–Trinajstić information content (AvgIpc) is 3.09. The molecule has 0 spiro atoms. The topological polar surface area (TPSA) is 122 Å². The average molecular weight is 311 g/mol. The molecule has 1 amide bonds. The molecule has 8 nitrogen and oxygen atoms in total. The Hall–Kier alpha value is -2.38. The number of carboxylic acid groups (broad SMARTS) is 2. The number of hydrogen-bond acceptors (Lipinski definition) is 4. The SMILES string of the molecule is Cn1ccnc1CCNC(=O)[C@H]1CC[C@@H](C(=O)O)C1.O=CO. The zero-order chi connectivity index (χ0) is 16.5. The van der Waals surface area contributed by atoms with Crippen molar-refractivity contribution in [3.63, 3.8) is 0 Å². The van der Waals surface area contributed by atoms with Crippen LogP contribution in [0.4, 0.5) is 0 Å². The molecule has 1 aliphatic rings. The van der Waals surface area contributed by atoms with E-state index in [1.165, 1.54) is 0 Å². The maximum absolute atomic E-state index is 11.9. The molecule has 0 saturated heterocycles. The molecule has 0 aliphatic heterocycles. The van der Waals surface area contributed by atoms with Crippen molar-refractivity contribution in [2.24, 2.45) is 18.9 Å². The molecule has 1 aliphatic carbocycles. The highest BCUT2D eigenvalue weighted by atomic mass is 16.4. The molecule has 0 bridgehead atoms. The van der Waals surface area contributed by atoms with E-state index in [-0.39, 0.29) is 24.2 Å². The van der Waals surface area contributed by atoms with Gasteiger partial charge in [-0.25, -0.2) is 4.98 Å². The molecule has 22 heavy (non-hydrogen) atoms. The number of carbonyl (C=O) groups is 3. The van der Waals surface area contributed by atoms with Crippen LogP contribution in [0.15, 0.2) is 12.4 Å². The van der Waals surface area contributed by atoms with Crippen molar-refractivity contribution in [3.05, 3.63) is 18.2 Å². The second-order valence-electron chi connectivity index (χ2n) is 5.15. The number of imidazole rings is 1. The number of aromatic nitrogens is 2. The molecule has 8 heteroatoms. The Morgan fingerprint density at radius 2 is 2.09 bits per heavy atom. The van der Waals surface area contributed by atoms with E-state index < -0.39 is 5.97 Å². The van der Waals surface area contributed by atoms with Crippen molar-refractivity contribution in [2.75, 3.05) is 6.54 Å². The van der Waals surface area contributed by atoms with E-state index in [1.807, 2.05) is 17.8 Å². The molecular formula is C14H21N3O5. The van der Waals surface area contributed by atoms with Gasteiger partial charge in [0, 0.05) is 38.3 Å². The standard InChI is InChI=1S/C13H19N3O3.CH2O2/c1-16-7-6-14-11(16)4-5-15-12(17)9-2-3-10(8-9)13(18)19;2-1-3/h6-7,9-10H,2-5,8H2,1H3,(H,15,17)(H,18,19);1H,(H,2,3)/t9-,10+;/m0./s1. The minimum Gasteiger partial charge on any atom is -0.483 e. The van der Waals surface area contributed by atoms with Crippen LogP contribution in [-0.2, 0) is 27.9 Å². The van der Waals surface area contributed by atoms with Crippen LogP contribution in [0, 0.1) is 11.8 Å². The summed E-state index contributed by atoms with van der Waals surface area (Å²) in [5.41, 5.74) is 0. The van der Waals surface area contributed by atoms with E-state index in [0.29, 0.717) is 32.2 Å². The lowest BCUT2D eigenvalue weighted by Gasteiger charge is -2.10. The molecule has 0 unspecified atom stereocenters. The summed E-state index contributed by atoms with van der Waals surface area (Å²) in [4.78, 5) is 35.3. The van der Waals surface area contributed by atoms with Gasteiger partial charge < -0.3 is 20.1 Å². The van der Waals surface area contributed by atoms with Gasteiger partial charge in [0.15, 0.2) is 0 Å². The summed E-state index contributed by atoms with van der Waals surface area (Å²) in [6.07, 6.45) is 6.02. The molecular weight excluding hydrogens is 290 g/mol. The number of carbonyl (C=O) groups excluding carboxylic acids is 1. The van der Waals surface area contributed by atoms with Crippen LogP contribution in [-0.4, -0.2) is 44.7 Å². The largest absolute Gasteiger partial charge is 0.483 e. The molecule has 0 radical (unpaired) electrons. The Bertz CT molecular complexity index is 514. The molecule has 1 aromatic heterocycles. The Morgan fingerprint density at radius 3 is 2.59 bits per heavy atom. The van der Waals surface area contributed by atoms with Crippen LogP contribution in [0.25, 0.3) is 0 Å². The van der Waals surface area contributed by atoms with Crippen LogP contribution in [0.3, 0.4) is 0 Å². The molecule has 0 aromatic carbocycles. The van der Waals surface area contributed by atoms with Gasteiger partial charge in [0.25, 0.3) is 6.47 Å². The first-order valence-corrected chi connectivity index (χ1v) is 7.04. The summed E-state index contributed by atoms with van der Waals surface area (Å²) in [6.45, 7) is 0.290. The van der Waals surface area contributed by atoms with Crippen molar-refractivity contribution >= 4 is 18.3 Å². The van der Waals surface area contributed by atoms with Crippen LogP contribution >= 0.6 is 0 Å². The van der Waals surface area contributed by atoms with Crippen LogP contribution in [0.5, 0.6) is 0 Å². The van der Waals surface area contributed by atoms with E-state index in [0.717, 1.165) is 5.82 Å². The lowest BCUT2D eigenvalue weighted by atomic mass is 10.0. The van der Waals surface area contributed by atoms with Crippen LogP contribution in [0.2, 0.25) is 0 Å². The smallest absolute Gasteiger partial charge is 0.306 e. The predicted molar refractivity (Wildman–Crippen MR) is 77.1 cm³/mol. The van der Waals surface area contributed by atoms with Gasteiger partial charge in [-0.3, -0.25) is 14.4 Å². The first-order chi connectivity index (χ1) is 10.5. The van der Waals surface area contributed by atoms with E-state index in [4.69, 9.17) is 15.0 Å². The lowest BCUT2D eigenvalue weighted by molar-refractivity contribution is -0.141. The van der Waals surface area contributed by atoms with E-state index >= 15 is 0 Å². The second-order valence-corrected chi connectivity index (χ2v) is 5.15. The molecule has 1 aromatic rings. The maximum atomic E-state index is 11.9. The summed E-state index contributed by atoms with van der Waals surface area (Å²) in [5, 5.41) is 18.7. The molecule has 1 heterocycles. The number of rotatable bonds is 5. The van der Waals surface area contributed by atoms with E-state index in [1.54, 1.807) is 6.20 Å². The summed E-state index contributed by atoms with van der Waals surface area (Å²) in [7, 11) is 1.92. The quantitative estimate of drug-likeness (QED) is 0.672. The van der Waals surface area contributed by atoms with Crippen molar-refractivity contribution in [2.45, 2.75) is 25.7 Å². The molecule has 1 fully saturated rings. The van der Waals surface area contributed by atoms with E-state index in [2.05, 4.69) is 10.3 Å². The van der Waals surface area contributed by atoms with Crippen molar-refractivity contribution in [3.8, 4) is 0 Å². The third-order valence-corrected chi connectivity index (χ3v) is 3.72. The van der Waals surface area contributed by atoms with Gasteiger partial charge in [-0.15, -0.1) is 0 Å². The second kappa shape index (κ2) is 8.81. The third-order valence-electron chi connectivity index (χ3n) is 3.72. The Morgan fingerprint density at radius 1 is 1.45 bits per heavy atom. The summed E-state index contributed by atoms with van der Waals surface area (Å²) < 4.78 is 1.92. The molecule has 2 rings (SSSR count). The predicted octanol–water partition coefficient (Wildman–Crippen LogP) is 0.281. The molecule has 1 saturated carbocycles. The third kappa shape index (κ3) is 5.19. The maximum Gasteiger partial charge on any atom is 0.306 e. The molecule has 122 valence electrons. The van der Waals surface area contributed by atoms with Gasteiger partial charge in [-0.1, -0.05) is 0 Å². The van der Waals surface area contributed by atoms with Gasteiger partial charge in [-0.05, 0) is 19.3 Å². The minimum absolute atomic E-state index is 0.0297. The van der Waals surface area contributed by atoms with Crippen LogP contribution < -0.4 is 5.32 Å². The lowest BCUT2D eigenvalue weighted by Crippen LogP contribution is -2.31. The van der Waals surface area contributed by atoms with Gasteiger partial charge >= 0.3 is 5.97 Å². The number of hydrogen-bond donors (Lipinski definition) is 3. The highest BCUT2D eigenvalue weighted by Crippen LogP contribution is 2.30. The Balaban J connectivity index is 0.000000745. The van der Waals surface area contributed by atoms with Gasteiger partial charge in [-0.2, -0.15) is 0 Å². The fourth-order valence-electron chi connectivity index (χ4n) is 2.52. The summed E-state index contributed by atoms with van der Waals surface area (Å²) in [5.74, 6) is -0.399. The Labute approximate surface area is 128 Å². The first-order valence-electron chi connectivity index (χ1n) is 7.04. The normalized spacial score (nSPS) is 19.9. The van der Waals surface area contributed by atoms with Crippen molar-refractivity contribution in [1.29, 1.82) is 0 Å². The fourth-order valence-corrected chi connectivity index (χ4v) is 2.52. The fraction of sp³-hybridized carbons (Fsp3) is 0.571.